The number of aryl methyl sites for hydroxylation is 1. The van der Waals surface area contributed by atoms with Crippen molar-refractivity contribution in [2.24, 2.45) is 0 Å². The van der Waals surface area contributed by atoms with Gasteiger partial charge in [0.05, 0.1) is 16.4 Å². The van der Waals surface area contributed by atoms with Crippen LogP contribution in [-0.4, -0.2) is 14.6 Å². The van der Waals surface area contributed by atoms with E-state index in [1.54, 1.807) is 10.7 Å². The van der Waals surface area contributed by atoms with E-state index in [0.717, 1.165) is 27.8 Å². The maximum absolute atomic E-state index is 4.61. The third kappa shape index (κ3) is 1.93. The van der Waals surface area contributed by atoms with Gasteiger partial charge >= 0.3 is 0 Å². The second-order valence-corrected chi connectivity index (χ2v) is 4.98. The predicted octanol–water partition coefficient (Wildman–Crippen LogP) is 3.72. The average molecular weight is 302 g/mol. The highest BCUT2D eigenvalue weighted by Gasteiger charge is 2.05. The molecule has 4 heteroatoms. The zero-order chi connectivity index (χ0) is 12.5. The summed E-state index contributed by atoms with van der Waals surface area (Å²) in [4.78, 5) is 4.61. The van der Waals surface area contributed by atoms with Crippen molar-refractivity contribution in [3.05, 3.63) is 52.8 Å². The molecule has 0 amide bonds. The monoisotopic (exact) mass is 301 g/mol. The van der Waals surface area contributed by atoms with Crippen molar-refractivity contribution in [2.75, 3.05) is 0 Å². The first-order chi connectivity index (χ1) is 8.78. The minimum Gasteiger partial charge on any atom is -0.227 e. The minimum absolute atomic E-state index is 0.840. The SMILES string of the molecule is CCc1ccc(-c2ccn3ncc(Br)c3n2)cc1. The van der Waals surface area contributed by atoms with Gasteiger partial charge in [-0.1, -0.05) is 31.2 Å². The maximum atomic E-state index is 4.61. The molecule has 3 aromatic rings. The molecule has 0 radical (unpaired) electrons. The number of hydrogen-bond acceptors (Lipinski definition) is 2. The summed E-state index contributed by atoms with van der Waals surface area (Å²) < 4.78 is 2.67. The number of aromatic nitrogens is 3. The van der Waals surface area contributed by atoms with E-state index in [-0.39, 0.29) is 0 Å². The summed E-state index contributed by atoms with van der Waals surface area (Å²) in [7, 11) is 0. The Hall–Kier alpha value is -1.68. The van der Waals surface area contributed by atoms with Gasteiger partial charge in [0.1, 0.15) is 0 Å². The minimum atomic E-state index is 0.840. The van der Waals surface area contributed by atoms with Gasteiger partial charge in [0.25, 0.3) is 0 Å². The van der Waals surface area contributed by atoms with Crippen LogP contribution in [0.25, 0.3) is 16.9 Å². The van der Waals surface area contributed by atoms with Gasteiger partial charge in [-0.25, -0.2) is 9.50 Å². The Morgan fingerprint density at radius 1 is 1.17 bits per heavy atom. The highest BCUT2D eigenvalue weighted by Crippen LogP contribution is 2.21. The smallest absolute Gasteiger partial charge is 0.169 e. The van der Waals surface area contributed by atoms with Gasteiger partial charge in [-0.3, -0.25) is 0 Å². The molecule has 0 aliphatic carbocycles. The van der Waals surface area contributed by atoms with Gasteiger partial charge < -0.3 is 0 Å². The van der Waals surface area contributed by atoms with Crippen molar-refractivity contribution in [1.82, 2.24) is 14.6 Å². The zero-order valence-corrected chi connectivity index (χ0v) is 11.6. The standard InChI is InChI=1S/C14H12BrN3/c1-2-10-3-5-11(6-4-10)13-7-8-18-14(17-13)12(15)9-16-18/h3-9H,2H2,1H3. The van der Waals surface area contributed by atoms with E-state index in [1.165, 1.54) is 5.56 Å². The topological polar surface area (TPSA) is 30.2 Å². The van der Waals surface area contributed by atoms with Crippen molar-refractivity contribution in [1.29, 1.82) is 0 Å². The van der Waals surface area contributed by atoms with Crippen molar-refractivity contribution in [3.8, 4) is 11.3 Å². The van der Waals surface area contributed by atoms with Crippen LogP contribution in [0.2, 0.25) is 0 Å². The number of fused-ring (bicyclic) bond motifs is 1. The first-order valence-corrected chi connectivity index (χ1v) is 6.66. The Kier molecular flexibility index (Phi) is 2.88. The first kappa shape index (κ1) is 11.4. The fraction of sp³-hybridized carbons (Fsp3) is 0.143. The third-order valence-electron chi connectivity index (χ3n) is 2.98. The van der Waals surface area contributed by atoms with Crippen LogP contribution in [-0.2, 0) is 6.42 Å². The van der Waals surface area contributed by atoms with E-state index in [2.05, 4.69) is 57.2 Å². The maximum Gasteiger partial charge on any atom is 0.169 e. The van der Waals surface area contributed by atoms with Gasteiger partial charge in [-0.05, 0) is 34.0 Å². The van der Waals surface area contributed by atoms with Gasteiger partial charge in [0.15, 0.2) is 5.65 Å². The van der Waals surface area contributed by atoms with Crippen LogP contribution in [0.4, 0.5) is 0 Å². The van der Waals surface area contributed by atoms with Crippen LogP contribution in [0.1, 0.15) is 12.5 Å². The number of nitrogens with zero attached hydrogens (tertiary/aromatic N) is 3. The number of hydrogen-bond donors (Lipinski definition) is 0. The molecule has 3 rings (SSSR count). The third-order valence-corrected chi connectivity index (χ3v) is 3.54. The molecule has 2 heterocycles. The van der Waals surface area contributed by atoms with Crippen molar-refractivity contribution >= 4 is 21.6 Å². The molecule has 2 aromatic heterocycles. The molecule has 0 saturated heterocycles. The largest absolute Gasteiger partial charge is 0.227 e. The number of halogens is 1. The summed E-state index contributed by atoms with van der Waals surface area (Å²) in [5, 5.41) is 4.19. The molecule has 0 aliphatic heterocycles. The normalized spacial score (nSPS) is 11.0. The molecule has 0 N–H and O–H groups in total. The highest BCUT2D eigenvalue weighted by molar-refractivity contribution is 9.10. The highest BCUT2D eigenvalue weighted by atomic mass is 79.9. The molecule has 0 saturated carbocycles. The van der Waals surface area contributed by atoms with E-state index in [0.29, 0.717) is 0 Å². The molecule has 0 spiro atoms. The molecule has 0 aliphatic rings. The van der Waals surface area contributed by atoms with Crippen LogP contribution >= 0.6 is 15.9 Å². The second kappa shape index (κ2) is 4.53. The predicted molar refractivity (Wildman–Crippen MR) is 75.5 cm³/mol. The van der Waals surface area contributed by atoms with E-state index >= 15 is 0 Å². The first-order valence-electron chi connectivity index (χ1n) is 5.87. The Morgan fingerprint density at radius 2 is 1.94 bits per heavy atom. The van der Waals surface area contributed by atoms with Crippen LogP contribution in [0.15, 0.2) is 47.2 Å². The molecule has 90 valence electrons. The zero-order valence-electron chi connectivity index (χ0n) is 9.97. The van der Waals surface area contributed by atoms with E-state index < -0.39 is 0 Å². The Labute approximate surface area is 114 Å². The van der Waals surface area contributed by atoms with Crippen molar-refractivity contribution in [3.63, 3.8) is 0 Å². The van der Waals surface area contributed by atoms with E-state index in [9.17, 15) is 0 Å². The Balaban J connectivity index is 2.09. The second-order valence-electron chi connectivity index (χ2n) is 4.12. The molecule has 18 heavy (non-hydrogen) atoms. The molecule has 0 fully saturated rings. The summed E-state index contributed by atoms with van der Waals surface area (Å²) in [6.45, 7) is 2.16. The summed E-state index contributed by atoms with van der Waals surface area (Å²) in [6.07, 6.45) is 4.74. The molecule has 1 aromatic carbocycles. The summed E-state index contributed by atoms with van der Waals surface area (Å²) in [5.74, 6) is 0. The molecular weight excluding hydrogens is 290 g/mol. The van der Waals surface area contributed by atoms with Crippen molar-refractivity contribution < 1.29 is 0 Å². The average Bonchev–Trinajstić information content (AvgIpc) is 2.80. The fourth-order valence-corrected chi connectivity index (χ4v) is 2.27. The molecule has 0 bridgehead atoms. The lowest BCUT2D eigenvalue weighted by Crippen LogP contribution is -1.92. The van der Waals surface area contributed by atoms with Crippen LogP contribution in [0, 0.1) is 0 Å². The van der Waals surface area contributed by atoms with Gasteiger partial charge in [-0.15, -0.1) is 0 Å². The van der Waals surface area contributed by atoms with E-state index in [4.69, 9.17) is 0 Å². The summed E-state index contributed by atoms with van der Waals surface area (Å²) in [5.41, 5.74) is 4.27. The molecular formula is C14H12BrN3. The van der Waals surface area contributed by atoms with Crippen LogP contribution < -0.4 is 0 Å². The number of rotatable bonds is 2. The Bertz CT molecular complexity index is 686. The summed E-state index contributed by atoms with van der Waals surface area (Å²) >= 11 is 3.45. The van der Waals surface area contributed by atoms with Crippen LogP contribution in [0.5, 0.6) is 0 Å². The fourth-order valence-electron chi connectivity index (χ4n) is 1.91. The lowest BCUT2D eigenvalue weighted by Gasteiger charge is -2.03. The quantitative estimate of drug-likeness (QED) is 0.722. The molecule has 0 atom stereocenters. The van der Waals surface area contributed by atoms with Gasteiger partial charge in [0, 0.05) is 11.8 Å². The van der Waals surface area contributed by atoms with Gasteiger partial charge in [0.2, 0.25) is 0 Å². The van der Waals surface area contributed by atoms with Crippen LogP contribution in [0.3, 0.4) is 0 Å². The van der Waals surface area contributed by atoms with E-state index in [1.807, 2.05) is 12.3 Å². The molecule has 0 unspecified atom stereocenters. The Morgan fingerprint density at radius 3 is 2.67 bits per heavy atom. The lowest BCUT2D eigenvalue weighted by molar-refractivity contribution is 0.941. The molecule has 3 nitrogen and oxygen atoms in total. The lowest BCUT2D eigenvalue weighted by atomic mass is 10.1. The summed E-state index contributed by atoms with van der Waals surface area (Å²) in [6, 6.07) is 10.5. The van der Waals surface area contributed by atoms with Gasteiger partial charge in [-0.2, -0.15) is 5.10 Å². The number of benzene rings is 1. The van der Waals surface area contributed by atoms with Crippen molar-refractivity contribution in [2.45, 2.75) is 13.3 Å².